The third-order valence-corrected chi connectivity index (χ3v) is 4.24. The highest BCUT2D eigenvalue weighted by Gasteiger charge is 2.30. The maximum absolute atomic E-state index is 13.5. The third kappa shape index (κ3) is 3.15. The smallest absolute Gasteiger partial charge is 0.123 e. The third-order valence-electron chi connectivity index (χ3n) is 4.24. The number of hydrogen-bond donors (Lipinski definition) is 1. The van der Waals surface area contributed by atoms with E-state index >= 15 is 0 Å². The van der Waals surface area contributed by atoms with Crippen molar-refractivity contribution in [3.8, 4) is 0 Å². The number of rotatable bonds is 4. The van der Waals surface area contributed by atoms with Crippen LogP contribution in [0, 0.1) is 18.7 Å². The summed E-state index contributed by atoms with van der Waals surface area (Å²) in [5.74, 6) is 0.304. The Morgan fingerprint density at radius 3 is 2.95 bits per heavy atom. The number of benzene rings is 1. The molecule has 2 nitrogen and oxygen atoms in total. The van der Waals surface area contributed by atoms with Crippen LogP contribution in [0.25, 0.3) is 0 Å². The molecule has 1 N–H and O–H groups in total. The molecule has 0 radical (unpaired) electrons. The van der Waals surface area contributed by atoms with Gasteiger partial charge in [-0.2, -0.15) is 0 Å². The number of hydrogen-bond acceptors (Lipinski definition) is 2. The average molecular weight is 263 g/mol. The predicted molar refractivity (Wildman–Crippen MR) is 73.6 cm³/mol. The van der Waals surface area contributed by atoms with Crippen molar-refractivity contribution < 1.29 is 9.13 Å². The molecule has 1 saturated carbocycles. The van der Waals surface area contributed by atoms with E-state index in [1.807, 2.05) is 13.0 Å². The fourth-order valence-corrected chi connectivity index (χ4v) is 2.92. The summed E-state index contributed by atoms with van der Waals surface area (Å²) in [6.07, 6.45) is 4.94. The van der Waals surface area contributed by atoms with Crippen LogP contribution in [-0.2, 0) is 4.74 Å². The predicted octanol–water partition coefficient (Wildman–Crippen LogP) is 3.35. The molecule has 1 aromatic rings. The van der Waals surface area contributed by atoms with Gasteiger partial charge in [0.2, 0.25) is 0 Å². The Hall–Kier alpha value is -0.930. The SMILES string of the molecule is Cc1ccc(F)cc1C1OCCCC1CNC1CC1. The second kappa shape index (κ2) is 5.59. The molecule has 1 saturated heterocycles. The van der Waals surface area contributed by atoms with Gasteiger partial charge in [-0.05, 0) is 55.9 Å². The van der Waals surface area contributed by atoms with Crippen LogP contribution < -0.4 is 5.32 Å². The Morgan fingerprint density at radius 1 is 1.32 bits per heavy atom. The molecule has 3 rings (SSSR count). The molecule has 1 aliphatic heterocycles. The molecule has 2 unspecified atom stereocenters. The van der Waals surface area contributed by atoms with Crippen LogP contribution in [0.2, 0.25) is 0 Å². The minimum atomic E-state index is -0.163. The lowest BCUT2D eigenvalue weighted by atomic mass is 9.87. The second-order valence-corrected chi connectivity index (χ2v) is 5.88. The van der Waals surface area contributed by atoms with Crippen molar-refractivity contribution in [2.24, 2.45) is 5.92 Å². The zero-order chi connectivity index (χ0) is 13.2. The van der Waals surface area contributed by atoms with Gasteiger partial charge in [0.25, 0.3) is 0 Å². The summed E-state index contributed by atoms with van der Waals surface area (Å²) in [4.78, 5) is 0. The Labute approximate surface area is 114 Å². The van der Waals surface area contributed by atoms with E-state index in [1.54, 1.807) is 6.07 Å². The highest BCUT2D eigenvalue weighted by atomic mass is 19.1. The van der Waals surface area contributed by atoms with Crippen molar-refractivity contribution in [2.45, 2.75) is 44.8 Å². The maximum Gasteiger partial charge on any atom is 0.123 e. The van der Waals surface area contributed by atoms with Crippen LogP contribution in [-0.4, -0.2) is 19.2 Å². The monoisotopic (exact) mass is 263 g/mol. The lowest BCUT2D eigenvalue weighted by Crippen LogP contribution is -2.33. The second-order valence-electron chi connectivity index (χ2n) is 5.88. The normalized spacial score (nSPS) is 27.5. The van der Waals surface area contributed by atoms with Crippen LogP contribution >= 0.6 is 0 Å². The summed E-state index contributed by atoms with van der Waals surface area (Å²) >= 11 is 0. The number of halogens is 1. The molecule has 2 fully saturated rings. The Balaban J connectivity index is 1.75. The number of ether oxygens (including phenoxy) is 1. The Kier molecular flexibility index (Phi) is 3.85. The fourth-order valence-electron chi connectivity index (χ4n) is 2.92. The van der Waals surface area contributed by atoms with Crippen LogP contribution in [0.5, 0.6) is 0 Å². The lowest BCUT2D eigenvalue weighted by molar-refractivity contribution is -0.0283. The minimum Gasteiger partial charge on any atom is -0.373 e. The molecular formula is C16H22FNO. The summed E-state index contributed by atoms with van der Waals surface area (Å²) < 4.78 is 19.4. The first-order valence-electron chi connectivity index (χ1n) is 7.35. The van der Waals surface area contributed by atoms with Gasteiger partial charge < -0.3 is 10.1 Å². The quantitative estimate of drug-likeness (QED) is 0.899. The van der Waals surface area contributed by atoms with Crippen LogP contribution in [0.1, 0.15) is 42.9 Å². The van der Waals surface area contributed by atoms with Gasteiger partial charge in [-0.15, -0.1) is 0 Å². The van der Waals surface area contributed by atoms with Crippen molar-refractivity contribution in [3.63, 3.8) is 0 Å². The highest BCUT2D eigenvalue weighted by molar-refractivity contribution is 5.29. The van der Waals surface area contributed by atoms with E-state index in [0.29, 0.717) is 5.92 Å². The first-order chi connectivity index (χ1) is 9.24. The van der Waals surface area contributed by atoms with Gasteiger partial charge in [0.15, 0.2) is 0 Å². The zero-order valence-electron chi connectivity index (χ0n) is 11.5. The van der Waals surface area contributed by atoms with Crippen molar-refractivity contribution in [2.75, 3.05) is 13.2 Å². The molecule has 19 heavy (non-hydrogen) atoms. The van der Waals surface area contributed by atoms with Crippen molar-refractivity contribution in [1.82, 2.24) is 5.32 Å². The van der Waals surface area contributed by atoms with Crippen LogP contribution in [0.4, 0.5) is 4.39 Å². The van der Waals surface area contributed by atoms with E-state index in [1.165, 1.54) is 25.3 Å². The van der Waals surface area contributed by atoms with Gasteiger partial charge in [0.1, 0.15) is 5.82 Å². The standard InChI is InChI=1S/C16H22FNO/c1-11-4-5-13(17)9-15(11)16-12(3-2-8-19-16)10-18-14-6-7-14/h4-5,9,12,14,16,18H,2-3,6-8,10H2,1H3. The molecule has 1 aliphatic carbocycles. The Morgan fingerprint density at radius 2 is 2.16 bits per heavy atom. The van der Waals surface area contributed by atoms with E-state index in [9.17, 15) is 4.39 Å². The van der Waals surface area contributed by atoms with Gasteiger partial charge >= 0.3 is 0 Å². The molecular weight excluding hydrogens is 241 g/mol. The van der Waals surface area contributed by atoms with Crippen LogP contribution in [0.15, 0.2) is 18.2 Å². The van der Waals surface area contributed by atoms with Crippen LogP contribution in [0.3, 0.4) is 0 Å². The first-order valence-corrected chi connectivity index (χ1v) is 7.35. The molecule has 0 amide bonds. The maximum atomic E-state index is 13.5. The summed E-state index contributed by atoms with van der Waals surface area (Å²) in [6, 6.07) is 5.75. The molecule has 1 heterocycles. The van der Waals surface area contributed by atoms with Gasteiger partial charge in [0.05, 0.1) is 6.10 Å². The largest absolute Gasteiger partial charge is 0.373 e. The van der Waals surface area contributed by atoms with Gasteiger partial charge in [-0.25, -0.2) is 4.39 Å². The molecule has 3 heteroatoms. The Bertz CT molecular complexity index is 444. The topological polar surface area (TPSA) is 21.3 Å². The van der Waals surface area contributed by atoms with E-state index in [2.05, 4.69) is 5.32 Å². The van der Waals surface area contributed by atoms with E-state index in [-0.39, 0.29) is 11.9 Å². The molecule has 2 aliphatic rings. The van der Waals surface area contributed by atoms with Gasteiger partial charge in [0, 0.05) is 25.1 Å². The molecule has 0 spiro atoms. The molecule has 104 valence electrons. The van der Waals surface area contributed by atoms with E-state index in [0.717, 1.165) is 36.7 Å². The number of aryl methyl sites for hydroxylation is 1. The summed E-state index contributed by atoms with van der Waals surface area (Å²) in [7, 11) is 0. The summed E-state index contributed by atoms with van der Waals surface area (Å²) in [5, 5.41) is 3.59. The van der Waals surface area contributed by atoms with E-state index < -0.39 is 0 Å². The number of nitrogens with one attached hydrogen (secondary N) is 1. The van der Waals surface area contributed by atoms with Crippen molar-refractivity contribution in [3.05, 3.63) is 35.1 Å². The van der Waals surface area contributed by atoms with Gasteiger partial charge in [-0.3, -0.25) is 0 Å². The summed E-state index contributed by atoms with van der Waals surface area (Å²) in [5.41, 5.74) is 2.16. The van der Waals surface area contributed by atoms with Gasteiger partial charge in [-0.1, -0.05) is 6.07 Å². The lowest BCUT2D eigenvalue weighted by Gasteiger charge is -2.33. The molecule has 0 bridgehead atoms. The van der Waals surface area contributed by atoms with Crippen molar-refractivity contribution in [1.29, 1.82) is 0 Å². The fraction of sp³-hybridized carbons (Fsp3) is 0.625. The first kappa shape index (κ1) is 13.1. The van der Waals surface area contributed by atoms with E-state index in [4.69, 9.17) is 4.74 Å². The minimum absolute atomic E-state index is 0.0516. The highest BCUT2D eigenvalue weighted by Crippen LogP contribution is 2.35. The molecule has 1 aromatic carbocycles. The molecule has 2 atom stereocenters. The summed E-state index contributed by atoms with van der Waals surface area (Å²) in [6.45, 7) is 3.82. The zero-order valence-corrected chi connectivity index (χ0v) is 11.5. The molecule has 0 aromatic heterocycles. The average Bonchev–Trinajstić information content (AvgIpc) is 3.24. The van der Waals surface area contributed by atoms with Crippen molar-refractivity contribution >= 4 is 0 Å².